The van der Waals surface area contributed by atoms with E-state index in [-0.39, 0.29) is 16.6 Å². The Kier molecular flexibility index (Phi) is 5.79. The lowest BCUT2D eigenvalue weighted by atomic mass is 9.88. The molecule has 1 N–H and O–H groups in total. The van der Waals surface area contributed by atoms with Crippen LogP contribution >= 0.6 is 0 Å². The molecule has 1 amide bonds. The summed E-state index contributed by atoms with van der Waals surface area (Å²) in [5.74, 6) is 0.811. The lowest BCUT2D eigenvalue weighted by Gasteiger charge is -2.21. The molecule has 0 saturated heterocycles. The van der Waals surface area contributed by atoms with Crippen molar-refractivity contribution in [3.8, 4) is 0 Å². The topological polar surface area (TPSA) is 46.2 Å². The first kappa shape index (κ1) is 17.2. The van der Waals surface area contributed by atoms with Crippen molar-refractivity contribution in [2.45, 2.75) is 63.4 Å². The predicted molar refractivity (Wildman–Crippen MR) is 93.2 cm³/mol. The summed E-state index contributed by atoms with van der Waals surface area (Å²) < 4.78 is 12.0. The van der Waals surface area contributed by atoms with Gasteiger partial charge in [0.15, 0.2) is 0 Å². The fourth-order valence-corrected chi connectivity index (χ4v) is 3.63. The van der Waals surface area contributed by atoms with Gasteiger partial charge < -0.3 is 5.32 Å². The molecule has 0 radical (unpaired) electrons. The monoisotopic (exact) mass is 321 g/mol. The molecule has 22 heavy (non-hydrogen) atoms. The van der Waals surface area contributed by atoms with E-state index in [1.807, 2.05) is 45.0 Å². The Morgan fingerprint density at radius 1 is 1.23 bits per heavy atom. The van der Waals surface area contributed by atoms with E-state index in [9.17, 15) is 9.00 Å². The highest BCUT2D eigenvalue weighted by atomic mass is 32.2. The minimum Gasteiger partial charge on any atom is -0.326 e. The van der Waals surface area contributed by atoms with Crippen molar-refractivity contribution in [1.82, 2.24) is 0 Å². The normalized spacial score (nSPS) is 18.0. The summed E-state index contributed by atoms with van der Waals surface area (Å²) in [6.45, 7) is 5.95. The summed E-state index contributed by atoms with van der Waals surface area (Å²) in [4.78, 5) is 12.3. The van der Waals surface area contributed by atoms with Crippen LogP contribution in [0.3, 0.4) is 0 Å². The number of carbonyl (C=O) groups is 1. The van der Waals surface area contributed by atoms with Gasteiger partial charge in [-0.2, -0.15) is 0 Å². The lowest BCUT2D eigenvalue weighted by molar-refractivity contribution is -0.120. The van der Waals surface area contributed by atoms with E-state index in [4.69, 9.17) is 0 Å². The van der Waals surface area contributed by atoms with Crippen LogP contribution in [-0.4, -0.2) is 14.9 Å². The zero-order valence-corrected chi connectivity index (χ0v) is 14.7. The number of hydrogen-bond donors (Lipinski definition) is 1. The fourth-order valence-electron chi connectivity index (χ4n) is 2.72. The summed E-state index contributed by atoms with van der Waals surface area (Å²) >= 11 is 0. The molecule has 2 rings (SSSR count). The molecule has 0 bridgehead atoms. The van der Waals surface area contributed by atoms with Crippen LogP contribution in [0, 0.1) is 5.92 Å². The fraction of sp³-hybridized carbons (Fsp3) is 0.611. The molecule has 0 aliphatic heterocycles. The SMILES string of the molecule is CC(C)(C)[S@@](=O)Cc1cccc(NC(=O)C2CCCCC2)c1. The molecule has 0 spiro atoms. The molecule has 1 aromatic carbocycles. The molecule has 0 aromatic heterocycles. The van der Waals surface area contributed by atoms with E-state index in [0.29, 0.717) is 5.75 Å². The van der Waals surface area contributed by atoms with E-state index in [0.717, 1.165) is 36.9 Å². The van der Waals surface area contributed by atoms with Crippen molar-refractivity contribution in [3.05, 3.63) is 29.8 Å². The van der Waals surface area contributed by atoms with Crippen LogP contribution in [0.4, 0.5) is 5.69 Å². The van der Waals surface area contributed by atoms with E-state index in [2.05, 4.69) is 5.32 Å². The molecule has 1 fully saturated rings. The Morgan fingerprint density at radius 3 is 2.55 bits per heavy atom. The van der Waals surface area contributed by atoms with E-state index < -0.39 is 10.8 Å². The number of hydrogen-bond acceptors (Lipinski definition) is 2. The Labute approximate surface area is 136 Å². The number of nitrogens with one attached hydrogen (secondary N) is 1. The maximum absolute atomic E-state index is 12.3. The number of rotatable bonds is 4. The highest BCUT2D eigenvalue weighted by Gasteiger charge is 2.22. The van der Waals surface area contributed by atoms with E-state index >= 15 is 0 Å². The first-order chi connectivity index (χ1) is 10.4. The maximum Gasteiger partial charge on any atom is 0.227 e. The summed E-state index contributed by atoms with van der Waals surface area (Å²) in [6.07, 6.45) is 5.56. The molecule has 122 valence electrons. The molecular formula is C18H27NO2S. The van der Waals surface area contributed by atoms with Crippen LogP contribution in [0.2, 0.25) is 0 Å². The zero-order chi connectivity index (χ0) is 16.2. The van der Waals surface area contributed by atoms with Crippen LogP contribution in [-0.2, 0) is 21.3 Å². The number of anilines is 1. The van der Waals surface area contributed by atoms with Gasteiger partial charge in [0.1, 0.15) is 0 Å². The smallest absolute Gasteiger partial charge is 0.227 e. The van der Waals surface area contributed by atoms with Gasteiger partial charge in [0.05, 0.1) is 0 Å². The van der Waals surface area contributed by atoms with E-state index in [1.165, 1.54) is 6.42 Å². The van der Waals surface area contributed by atoms with Crippen molar-refractivity contribution >= 4 is 22.4 Å². The summed E-state index contributed by atoms with van der Waals surface area (Å²) in [7, 11) is -0.926. The highest BCUT2D eigenvalue weighted by molar-refractivity contribution is 7.85. The second kappa shape index (κ2) is 7.40. The van der Waals surface area contributed by atoms with Crippen LogP contribution in [0.15, 0.2) is 24.3 Å². The van der Waals surface area contributed by atoms with E-state index in [1.54, 1.807) is 0 Å². The molecule has 4 heteroatoms. The Morgan fingerprint density at radius 2 is 1.91 bits per heavy atom. The van der Waals surface area contributed by atoms with Crippen molar-refractivity contribution in [3.63, 3.8) is 0 Å². The van der Waals surface area contributed by atoms with Crippen molar-refractivity contribution in [1.29, 1.82) is 0 Å². The molecule has 1 saturated carbocycles. The maximum atomic E-state index is 12.3. The third kappa shape index (κ3) is 4.94. The molecule has 1 aliphatic rings. The lowest BCUT2D eigenvalue weighted by Crippen LogP contribution is -2.25. The molecule has 1 aliphatic carbocycles. The Hall–Kier alpha value is -1.16. The van der Waals surface area contributed by atoms with Gasteiger partial charge in [-0.05, 0) is 51.3 Å². The van der Waals surface area contributed by atoms with Crippen LogP contribution in [0.25, 0.3) is 0 Å². The molecule has 1 atom stereocenters. The highest BCUT2D eigenvalue weighted by Crippen LogP contribution is 2.25. The van der Waals surface area contributed by atoms with Gasteiger partial charge in [-0.3, -0.25) is 9.00 Å². The third-order valence-electron chi connectivity index (χ3n) is 4.15. The Bertz CT molecular complexity index is 542. The van der Waals surface area contributed by atoms with Crippen LogP contribution in [0.5, 0.6) is 0 Å². The average Bonchev–Trinajstić information content (AvgIpc) is 2.47. The van der Waals surface area contributed by atoms with Crippen molar-refractivity contribution < 1.29 is 9.00 Å². The van der Waals surface area contributed by atoms with Gasteiger partial charge in [-0.1, -0.05) is 31.4 Å². The van der Waals surface area contributed by atoms with Gasteiger partial charge in [-0.25, -0.2) is 0 Å². The van der Waals surface area contributed by atoms with Crippen molar-refractivity contribution in [2.75, 3.05) is 5.32 Å². The van der Waals surface area contributed by atoms with Gasteiger partial charge in [0, 0.05) is 32.9 Å². The standard InChI is InChI=1S/C18H27NO2S/c1-18(2,3)22(21)13-14-8-7-11-16(12-14)19-17(20)15-9-5-4-6-10-15/h7-8,11-12,15H,4-6,9-10,13H2,1-3H3,(H,19,20)/t22-/m0/s1. The zero-order valence-electron chi connectivity index (χ0n) is 13.9. The largest absolute Gasteiger partial charge is 0.326 e. The summed E-state index contributed by atoms with van der Waals surface area (Å²) in [6, 6.07) is 7.75. The first-order valence-electron chi connectivity index (χ1n) is 8.14. The molecule has 3 nitrogen and oxygen atoms in total. The van der Waals surface area contributed by atoms with Crippen LogP contribution < -0.4 is 5.32 Å². The van der Waals surface area contributed by atoms with Gasteiger partial charge >= 0.3 is 0 Å². The minimum atomic E-state index is -0.926. The average molecular weight is 321 g/mol. The molecule has 0 unspecified atom stereocenters. The Balaban J connectivity index is 1.99. The first-order valence-corrected chi connectivity index (χ1v) is 9.46. The summed E-state index contributed by atoms with van der Waals surface area (Å²) in [5, 5.41) is 3.03. The minimum absolute atomic E-state index is 0.133. The van der Waals surface area contributed by atoms with Gasteiger partial charge in [0.25, 0.3) is 0 Å². The number of amides is 1. The third-order valence-corrected chi connectivity index (χ3v) is 6.11. The van der Waals surface area contributed by atoms with Gasteiger partial charge in [0.2, 0.25) is 5.91 Å². The second-order valence-electron chi connectivity index (χ2n) is 7.13. The quantitative estimate of drug-likeness (QED) is 0.901. The molecule has 1 aromatic rings. The molecule has 0 heterocycles. The molecular weight excluding hydrogens is 294 g/mol. The number of carbonyl (C=O) groups excluding carboxylic acids is 1. The summed E-state index contributed by atoms with van der Waals surface area (Å²) in [5.41, 5.74) is 1.83. The second-order valence-corrected chi connectivity index (χ2v) is 9.33. The predicted octanol–water partition coefficient (Wildman–Crippen LogP) is 4.25. The number of benzene rings is 1. The van der Waals surface area contributed by atoms with Gasteiger partial charge in [-0.15, -0.1) is 0 Å². The van der Waals surface area contributed by atoms with Crippen molar-refractivity contribution in [2.24, 2.45) is 5.92 Å². The van der Waals surface area contributed by atoms with Crippen LogP contribution in [0.1, 0.15) is 58.4 Å².